The van der Waals surface area contributed by atoms with Gasteiger partial charge in [-0.15, -0.1) is 0 Å². The molecule has 1 aliphatic rings. The van der Waals surface area contributed by atoms with E-state index in [1.807, 2.05) is 61.2 Å². The van der Waals surface area contributed by atoms with Crippen LogP contribution in [-0.2, 0) is 21.3 Å². The zero-order valence-corrected chi connectivity index (χ0v) is 18.7. The van der Waals surface area contributed by atoms with E-state index >= 15 is 0 Å². The maximum Gasteiger partial charge on any atom is 0.235 e. The fourth-order valence-electron chi connectivity index (χ4n) is 3.75. The van der Waals surface area contributed by atoms with E-state index in [2.05, 4.69) is 22.0 Å². The molecule has 7 heteroatoms. The van der Waals surface area contributed by atoms with Crippen LogP contribution >= 0.6 is 0 Å². The number of benzene rings is 2. The van der Waals surface area contributed by atoms with Crippen LogP contribution in [0.2, 0.25) is 0 Å². The van der Waals surface area contributed by atoms with Gasteiger partial charge < -0.3 is 14.2 Å². The van der Waals surface area contributed by atoms with Gasteiger partial charge in [-0.2, -0.15) is 0 Å². The van der Waals surface area contributed by atoms with Crippen LogP contribution in [0.3, 0.4) is 0 Å². The second-order valence-electron chi connectivity index (χ2n) is 7.82. The molecule has 1 fully saturated rings. The molecule has 2 heterocycles. The Morgan fingerprint density at radius 2 is 1.77 bits per heavy atom. The first kappa shape index (κ1) is 21.3. The first-order valence-electron chi connectivity index (χ1n) is 10.5. The minimum atomic E-state index is -1.33. The summed E-state index contributed by atoms with van der Waals surface area (Å²) in [5.74, 6) is 1.34. The molecule has 0 unspecified atom stereocenters. The molecule has 0 aliphatic carbocycles. The van der Waals surface area contributed by atoms with Gasteiger partial charge in [0.05, 0.1) is 11.4 Å². The van der Waals surface area contributed by atoms with Crippen molar-refractivity contribution in [1.82, 2.24) is 9.88 Å². The molecular formula is C24H27N3O3S. The number of piperazine rings is 1. The van der Waals surface area contributed by atoms with Gasteiger partial charge in [-0.3, -0.25) is 9.00 Å². The highest BCUT2D eigenvalue weighted by Gasteiger charge is 2.23. The Balaban J connectivity index is 1.32. The monoisotopic (exact) mass is 437 g/mol. The maximum absolute atomic E-state index is 12.7. The number of amides is 1. The summed E-state index contributed by atoms with van der Waals surface area (Å²) >= 11 is 0. The lowest BCUT2D eigenvalue weighted by atomic mass is 10.1. The highest BCUT2D eigenvalue weighted by molar-refractivity contribution is 7.84. The van der Waals surface area contributed by atoms with Crippen LogP contribution in [0.1, 0.15) is 17.0 Å². The molecule has 0 spiro atoms. The van der Waals surface area contributed by atoms with Crippen LogP contribution in [0.15, 0.2) is 59.0 Å². The molecule has 1 saturated heterocycles. The minimum absolute atomic E-state index is 0.0113. The lowest BCUT2D eigenvalue weighted by Crippen LogP contribution is -2.50. The summed E-state index contributed by atoms with van der Waals surface area (Å²) in [7, 11) is -1.33. The number of anilines is 1. The van der Waals surface area contributed by atoms with Crippen molar-refractivity contribution in [3.8, 4) is 11.5 Å². The van der Waals surface area contributed by atoms with Gasteiger partial charge in [0.2, 0.25) is 11.8 Å². The van der Waals surface area contributed by atoms with Gasteiger partial charge in [0.25, 0.3) is 0 Å². The van der Waals surface area contributed by atoms with Crippen LogP contribution in [-0.4, -0.2) is 51.9 Å². The van der Waals surface area contributed by atoms with Crippen molar-refractivity contribution in [2.75, 3.05) is 36.8 Å². The van der Waals surface area contributed by atoms with Crippen molar-refractivity contribution in [3.63, 3.8) is 0 Å². The largest absolute Gasteiger partial charge is 0.441 e. The van der Waals surface area contributed by atoms with E-state index in [0.29, 0.717) is 30.4 Å². The Bertz CT molecular complexity index is 1070. The normalized spacial score (nSPS) is 15.2. The first-order chi connectivity index (χ1) is 15.0. The molecule has 31 heavy (non-hydrogen) atoms. The average molecular weight is 438 g/mol. The van der Waals surface area contributed by atoms with E-state index in [1.54, 1.807) is 0 Å². The Kier molecular flexibility index (Phi) is 6.51. The topological polar surface area (TPSA) is 66.7 Å². The Morgan fingerprint density at radius 3 is 2.48 bits per heavy atom. The number of oxazole rings is 1. The molecule has 162 valence electrons. The molecule has 3 aromatic rings. The molecule has 0 bridgehead atoms. The van der Waals surface area contributed by atoms with Gasteiger partial charge in [-0.25, -0.2) is 4.98 Å². The van der Waals surface area contributed by atoms with Crippen LogP contribution in [0, 0.1) is 13.8 Å². The molecule has 6 nitrogen and oxygen atoms in total. The standard InChI is InChI=1S/C24H27N3O3S/c1-18-7-6-8-20(15-18)24-25-22(19(2)30-24)16-31(29)17-23(28)27-13-11-26(12-14-27)21-9-4-3-5-10-21/h3-10,15H,11-14,16-17H2,1-2H3/t31-/m0/s1. The van der Waals surface area contributed by atoms with Gasteiger partial charge in [-0.1, -0.05) is 35.9 Å². The third-order valence-corrected chi connectivity index (χ3v) is 6.66. The van der Waals surface area contributed by atoms with E-state index in [4.69, 9.17) is 4.42 Å². The van der Waals surface area contributed by atoms with E-state index in [9.17, 15) is 9.00 Å². The van der Waals surface area contributed by atoms with Gasteiger partial charge in [0.1, 0.15) is 11.5 Å². The van der Waals surface area contributed by atoms with Crippen molar-refractivity contribution in [2.24, 2.45) is 0 Å². The summed E-state index contributed by atoms with van der Waals surface area (Å²) in [5.41, 5.74) is 3.84. The molecule has 0 N–H and O–H groups in total. The Hall–Kier alpha value is -2.93. The number of para-hydroxylation sites is 1. The van der Waals surface area contributed by atoms with Crippen molar-refractivity contribution < 1.29 is 13.4 Å². The number of rotatable bonds is 6. The summed E-state index contributed by atoms with van der Waals surface area (Å²) in [5, 5.41) is 0. The van der Waals surface area contributed by atoms with Crippen molar-refractivity contribution >= 4 is 22.4 Å². The molecule has 1 atom stereocenters. The van der Waals surface area contributed by atoms with E-state index in [0.717, 1.165) is 24.2 Å². The molecule has 1 aromatic heterocycles. The number of hydrogen-bond acceptors (Lipinski definition) is 5. The summed E-state index contributed by atoms with van der Waals surface area (Å²) in [6.45, 7) is 6.69. The lowest BCUT2D eigenvalue weighted by molar-refractivity contribution is -0.128. The number of aromatic nitrogens is 1. The highest BCUT2D eigenvalue weighted by Crippen LogP contribution is 2.23. The second-order valence-corrected chi connectivity index (χ2v) is 9.28. The molecule has 0 saturated carbocycles. The second kappa shape index (κ2) is 9.47. The number of hydrogen-bond donors (Lipinski definition) is 0. The summed E-state index contributed by atoms with van der Waals surface area (Å²) < 4.78 is 18.5. The molecule has 0 radical (unpaired) electrons. The molecular weight excluding hydrogens is 410 g/mol. The van der Waals surface area contributed by atoms with E-state index in [1.165, 1.54) is 5.69 Å². The Morgan fingerprint density at radius 1 is 1.03 bits per heavy atom. The molecule has 2 aromatic carbocycles. The summed E-state index contributed by atoms with van der Waals surface area (Å²) in [6, 6.07) is 18.1. The first-order valence-corrected chi connectivity index (χ1v) is 11.9. The van der Waals surface area contributed by atoms with Crippen molar-refractivity contribution in [1.29, 1.82) is 0 Å². The maximum atomic E-state index is 12.7. The van der Waals surface area contributed by atoms with Crippen LogP contribution in [0.25, 0.3) is 11.5 Å². The number of nitrogens with zero attached hydrogens (tertiary/aromatic N) is 3. The van der Waals surface area contributed by atoms with Crippen LogP contribution < -0.4 is 4.90 Å². The lowest BCUT2D eigenvalue weighted by Gasteiger charge is -2.36. The van der Waals surface area contributed by atoms with Gasteiger partial charge >= 0.3 is 0 Å². The molecule has 1 aliphatic heterocycles. The summed E-state index contributed by atoms with van der Waals surface area (Å²) in [6.07, 6.45) is 0. The number of carbonyl (C=O) groups excluding carboxylic acids is 1. The zero-order chi connectivity index (χ0) is 21.8. The third-order valence-electron chi connectivity index (χ3n) is 5.49. The SMILES string of the molecule is Cc1cccc(-c2nc(C[S@](=O)CC(=O)N3CCN(c4ccccc4)CC3)c(C)o2)c1. The quantitative estimate of drug-likeness (QED) is 0.590. The number of aryl methyl sites for hydroxylation is 2. The Labute approximate surface area is 185 Å². The average Bonchev–Trinajstić information content (AvgIpc) is 3.14. The van der Waals surface area contributed by atoms with Crippen molar-refractivity contribution in [2.45, 2.75) is 19.6 Å². The predicted molar refractivity (Wildman–Crippen MR) is 123 cm³/mol. The molecule has 1 amide bonds. The van der Waals surface area contributed by atoms with E-state index < -0.39 is 10.8 Å². The van der Waals surface area contributed by atoms with Gasteiger partial charge in [0, 0.05) is 48.2 Å². The van der Waals surface area contributed by atoms with Crippen LogP contribution in [0.4, 0.5) is 5.69 Å². The molecule has 4 rings (SSSR count). The van der Waals surface area contributed by atoms with E-state index in [-0.39, 0.29) is 17.4 Å². The predicted octanol–water partition coefficient (Wildman–Crippen LogP) is 3.56. The van der Waals surface area contributed by atoms with Gasteiger partial charge in [0.15, 0.2) is 0 Å². The van der Waals surface area contributed by atoms with Crippen molar-refractivity contribution in [3.05, 3.63) is 71.6 Å². The fraction of sp³-hybridized carbons (Fsp3) is 0.333. The van der Waals surface area contributed by atoms with Gasteiger partial charge in [-0.05, 0) is 38.1 Å². The fourth-order valence-corrected chi connectivity index (χ4v) is 4.88. The smallest absolute Gasteiger partial charge is 0.235 e. The third kappa shape index (κ3) is 5.22. The van der Waals surface area contributed by atoms with Crippen LogP contribution in [0.5, 0.6) is 0 Å². The minimum Gasteiger partial charge on any atom is -0.441 e. The summed E-state index contributed by atoms with van der Waals surface area (Å²) in [4.78, 5) is 21.3. The zero-order valence-electron chi connectivity index (χ0n) is 17.9. The highest BCUT2D eigenvalue weighted by atomic mass is 32.2. The number of carbonyl (C=O) groups is 1.